The average Bonchev–Trinajstić information content (AvgIpc) is 2.82. The van der Waals surface area contributed by atoms with Crippen molar-refractivity contribution in [2.75, 3.05) is 26.2 Å². The van der Waals surface area contributed by atoms with E-state index < -0.39 is 0 Å². The van der Waals surface area contributed by atoms with Crippen molar-refractivity contribution in [3.05, 3.63) is 11.6 Å². The van der Waals surface area contributed by atoms with Gasteiger partial charge in [0.25, 0.3) is 0 Å². The van der Waals surface area contributed by atoms with E-state index in [-0.39, 0.29) is 0 Å². The molecule has 1 aromatic heterocycles. The van der Waals surface area contributed by atoms with Gasteiger partial charge in [-0.15, -0.1) is 10.2 Å². The van der Waals surface area contributed by atoms with Crippen LogP contribution < -0.4 is 5.32 Å². The molecule has 106 valence electrons. The largest absolute Gasteiger partial charge is 0.317 e. The van der Waals surface area contributed by atoms with Gasteiger partial charge in [0.2, 0.25) is 0 Å². The zero-order chi connectivity index (χ0) is 13.1. The molecule has 1 aromatic rings. The molecule has 2 fully saturated rings. The van der Waals surface area contributed by atoms with Crippen molar-refractivity contribution >= 4 is 0 Å². The first-order valence-corrected chi connectivity index (χ1v) is 7.66. The number of nitrogens with one attached hydrogen (secondary N) is 1. The Kier molecular flexibility index (Phi) is 4.13. The lowest BCUT2D eigenvalue weighted by Crippen LogP contribution is -2.43. The molecule has 1 saturated carbocycles. The van der Waals surface area contributed by atoms with Crippen molar-refractivity contribution in [3.8, 4) is 0 Å². The standard InChI is InChI=1S/C14H25N5/c1-18-13(11-19-9-7-15-8-10-19)16-17-14(18)12-5-3-2-4-6-12/h12,15H,2-11H2,1H3. The molecule has 1 aliphatic heterocycles. The van der Waals surface area contributed by atoms with E-state index in [1.807, 2.05) is 0 Å². The molecule has 0 amide bonds. The lowest BCUT2D eigenvalue weighted by Gasteiger charge is -2.26. The third kappa shape index (κ3) is 2.98. The van der Waals surface area contributed by atoms with E-state index in [1.165, 1.54) is 37.9 Å². The summed E-state index contributed by atoms with van der Waals surface area (Å²) in [7, 11) is 2.14. The van der Waals surface area contributed by atoms with Crippen LogP contribution in [-0.2, 0) is 13.6 Å². The Labute approximate surface area is 115 Å². The molecule has 1 N–H and O–H groups in total. The first kappa shape index (κ1) is 13.1. The summed E-state index contributed by atoms with van der Waals surface area (Å²) in [5.41, 5.74) is 0. The van der Waals surface area contributed by atoms with Gasteiger partial charge in [-0.2, -0.15) is 0 Å². The number of aromatic nitrogens is 3. The van der Waals surface area contributed by atoms with Crippen molar-refractivity contribution in [2.24, 2.45) is 7.05 Å². The fourth-order valence-electron chi connectivity index (χ4n) is 3.30. The van der Waals surface area contributed by atoms with Crippen LogP contribution in [0.1, 0.15) is 49.7 Å². The van der Waals surface area contributed by atoms with Gasteiger partial charge in [-0.25, -0.2) is 0 Å². The summed E-state index contributed by atoms with van der Waals surface area (Å²) < 4.78 is 2.25. The van der Waals surface area contributed by atoms with Gasteiger partial charge in [0.1, 0.15) is 11.6 Å². The highest BCUT2D eigenvalue weighted by atomic mass is 15.3. The van der Waals surface area contributed by atoms with Crippen LogP contribution in [-0.4, -0.2) is 45.8 Å². The van der Waals surface area contributed by atoms with Gasteiger partial charge in [-0.3, -0.25) is 4.90 Å². The zero-order valence-corrected chi connectivity index (χ0v) is 11.9. The van der Waals surface area contributed by atoms with Gasteiger partial charge in [0.05, 0.1) is 6.54 Å². The molecular formula is C14H25N5. The summed E-state index contributed by atoms with van der Waals surface area (Å²) in [6.45, 7) is 5.36. The normalized spacial score (nSPS) is 22.8. The van der Waals surface area contributed by atoms with Gasteiger partial charge in [0, 0.05) is 39.1 Å². The molecule has 19 heavy (non-hydrogen) atoms. The van der Waals surface area contributed by atoms with Crippen molar-refractivity contribution in [1.29, 1.82) is 0 Å². The predicted molar refractivity (Wildman–Crippen MR) is 75.0 cm³/mol. The van der Waals surface area contributed by atoms with Gasteiger partial charge >= 0.3 is 0 Å². The van der Waals surface area contributed by atoms with E-state index in [0.29, 0.717) is 5.92 Å². The molecule has 5 heteroatoms. The van der Waals surface area contributed by atoms with Crippen LogP contribution >= 0.6 is 0 Å². The van der Waals surface area contributed by atoms with Crippen LogP contribution in [0.5, 0.6) is 0 Å². The number of hydrogen-bond donors (Lipinski definition) is 1. The van der Waals surface area contributed by atoms with E-state index >= 15 is 0 Å². The molecule has 0 radical (unpaired) electrons. The Bertz CT molecular complexity index is 402. The van der Waals surface area contributed by atoms with Crippen LogP contribution in [0.4, 0.5) is 0 Å². The second-order valence-corrected chi connectivity index (χ2v) is 5.89. The minimum absolute atomic E-state index is 0.642. The van der Waals surface area contributed by atoms with E-state index in [1.54, 1.807) is 0 Å². The lowest BCUT2D eigenvalue weighted by molar-refractivity contribution is 0.225. The Morgan fingerprint density at radius 1 is 1.11 bits per heavy atom. The predicted octanol–water partition coefficient (Wildman–Crippen LogP) is 1.27. The second kappa shape index (κ2) is 6.01. The minimum Gasteiger partial charge on any atom is -0.317 e. The number of piperazine rings is 1. The summed E-state index contributed by atoms with van der Waals surface area (Å²) in [6, 6.07) is 0. The third-order valence-corrected chi connectivity index (χ3v) is 4.54. The Morgan fingerprint density at radius 3 is 2.58 bits per heavy atom. The summed E-state index contributed by atoms with van der Waals surface area (Å²) in [5.74, 6) is 2.98. The van der Waals surface area contributed by atoms with Gasteiger partial charge in [-0.1, -0.05) is 19.3 Å². The highest BCUT2D eigenvalue weighted by Gasteiger charge is 2.22. The lowest BCUT2D eigenvalue weighted by atomic mass is 9.89. The smallest absolute Gasteiger partial charge is 0.146 e. The first-order chi connectivity index (χ1) is 9.34. The molecule has 2 heterocycles. The first-order valence-electron chi connectivity index (χ1n) is 7.66. The molecule has 3 rings (SSSR count). The van der Waals surface area contributed by atoms with Crippen molar-refractivity contribution < 1.29 is 0 Å². The molecule has 0 bridgehead atoms. The zero-order valence-electron chi connectivity index (χ0n) is 11.9. The summed E-state index contributed by atoms with van der Waals surface area (Å²) >= 11 is 0. The molecule has 0 atom stereocenters. The quantitative estimate of drug-likeness (QED) is 0.892. The summed E-state index contributed by atoms with van der Waals surface area (Å²) in [4.78, 5) is 2.46. The molecule has 0 aromatic carbocycles. The van der Waals surface area contributed by atoms with Gasteiger partial charge < -0.3 is 9.88 Å². The highest BCUT2D eigenvalue weighted by molar-refractivity contribution is 5.02. The number of hydrogen-bond acceptors (Lipinski definition) is 4. The van der Waals surface area contributed by atoms with Crippen LogP contribution in [0.2, 0.25) is 0 Å². The maximum Gasteiger partial charge on any atom is 0.146 e. The summed E-state index contributed by atoms with van der Waals surface area (Å²) in [6.07, 6.45) is 6.68. The van der Waals surface area contributed by atoms with Crippen molar-refractivity contribution in [1.82, 2.24) is 25.0 Å². The van der Waals surface area contributed by atoms with Crippen LogP contribution in [0.15, 0.2) is 0 Å². The van der Waals surface area contributed by atoms with E-state index in [9.17, 15) is 0 Å². The van der Waals surface area contributed by atoms with Gasteiger partial charge in [-0.05, 0) is 12.8 Å². The maximum atomic E-state index is 4.48. The van der Waals surface area contributed by atoms with Gasteiger partial charge in [0.15, 0.2) is 0 Å². The fraction of sp³-hybridized carbons (Fsp3) is 0.857. The molecule has 2 aliphatic rings. The average molecular weight is 263 g/mol. The molecule has 1 saturated heterocycles. The van der Waals surface area contributed by atoms with E-state index in [2.05, 4.69) is 32.0 Å². The monoisotopic (exact) mass is 263 g/mol. The maximum absolute atomic E-state index is 4.48. The summed E-state index contributed by atoms with van der Waals surface area (Å²) in [5, 5.41) is 12.3. The third-order valence-electron chi connectivity index (χ3n) is 4.54. The second-order valence-electron chi connectivity index (χ2n) is 5.89. The van der Waals surface area contributed by atoms with E-state index in [0.717, 1.165) is 38.5 Å². The van der Waals surface area contributed by atoms with Crippen molar-refractivity contribution in [3.63, 3.8) is 0 Å². The molecule has 5 nitrogen and oxygen atoms in total. The Hall–Kier alpha value is -0.940. The number of nitrogens with zero attached hydrogens (tertiary/aromatic N) is 4. The fourth-order valence-corrected chi connectivity index (χ4v) is 3.30. The minimum atomic E-state index is 0.642. The molecule has 0 unspecified atom stereocenters. The Balaban J connectivity index is 1.67. The Morgan fingerprint density at radius 2 is 1.84 bits per heavy atom. The highest BCUT2D eigenvalue weighted by Crippen LogP contribution is 2.31. The topological polar surface area (TPSA) is 46.0 Å². The SMILES string of the molecule is Cn1c(CN2CCNCC2)nnc1C1CCCCC1. The van der Waals surface area contributed by atoms with Crippen LogP contribution in [0.25, 0.3) is 0 Å². The van der Waals surface area contributed by atoms with Crippen LogP contribution in [0.3, 0.4) is 0 Å². The molecule has 0 spiro atoms. The van der Waals surface area contributed by atoms with E-state index in [4.69, 9.17) is 0 Å². The number of rotatable bonds is 3. The van der Waals surface area contributed by atoms with Crippen molar-refractivity contribution in [2.45, 2.75) is 44.6 Å². The molecule has 1 aliphatic carbocycles. The molecular weight excluding hydrogens is 238 g/mol. The van der Waals surface area contributed by atoms with Crippen LogP contribution in [0, 0.1) is 0 Å².